The topological polar surface area (TPSA) is 60.2 Å². The van der Waals surface area contributed by atoms with Crippen molar-refractivity contribution < 1.29 is 9.53 Å². The average Bonchev–Trinajstić information content (AvgIpc) is 2.88. The third kappa shape index (κ3) is 3.59. The summed E-state index contributed by atoms with van der Waals surface area (Å²) < 4.78 is 6.86. The number of halogens is 1. The van der Waals surface area contributed by atoms with Crippen LogP contribution >= 0.6 is 11.6 Å². The zero-order valence-electron chi connectivity index (χ0n) is 12.2. The van der Waals surface area contributed by atoms with E-state index in [1.165, 1.54) is 13.3 Å². The van der Waals surface area contributed by atoms with Gasteiger partial charge in [-0.1, -0.05) is 11.6 Å². The van der Waals surface area contributed by atoms with Crippen LogP contribution in [0, 0.1) is 0 Å². The fraction of sp³-hybridized carbons (Fsp3) is 0.357. The maximum absolute atomic E-state index is 12.6. The second-order valence-corrected chi connectivity index (χ2v) is 5.22. The number of rotatable bonds is 6. The smallest absolute Gasteiger partial charge is 0.233 e. The number of pyridine rings is 1. The molecule has 21 heavy (non-hydrogen) atoms. The van der Waals surface area contributed by atoms with E-state index in [9.17, 15) is 4.79 Å². The van der Waals surface area contributed by atoms with Gasteiger partial charge in [0.05, 0.1) is 24.9 Å². The molecule has 0 saturated heterocycles. The highest BCUT2D eigenvalue weighted by Gasteiger charge is 2.22. The molecule has 0 bridgehead atoms. The summed E-state index contributed by atoms with van der Waals surface area (Å²) in [5, 5.41) is 4.70. The number of aromatic nitrogens is 3. The summed E-state index contributed by atoms with van der Waals surface area (Å²) in [6.45, 7) is 1.35. The quantitative estimate of drug-likeness (QED) is 0.761. The van der Waals surface area contributed by atoms with Crippen molar-refractivity contribution in [1.29, 1.82) is 0 Å². The van der Waals surface area contributed by atoms with Gasteiger partial charge in [0.1, 0.15) is 5.69 Å². The zero-order chi connectivity index (χ0) is 15.4. The Bertz CT molecular complexity index is 622. The minimum atomic E-state index is -0.236. The van der Waals surface area contributed by atoms with Gasteiger partial charge in [-0.05, 0) is 26.2 Å². The van der Waals surface area contributed by atoms with E-state index in [0.717, 1.165) is 6.54 Å². The normalized spacial score (nSPS) is 10.9. The van der Waals surface area contributed by atoms with Crippen LogP contribution in [0.25, 0.3) is 0 Å². The molecule has 2 rings (SSSR count). The minimum absolute atomic E-state index is 0.236. The van der Waals surface area contributed by atoms with Crippen LogP contribution in [0.15, 0.2) is 24.5 Å². The molecule has 112 valence electrons. The van der Waals surface area contributed by atoms with E-state index in [-0.39, 0.29) is 5.78 Å². The van der Waals surface area contributed by atoms with Gasteiger partial charge < -0.3 is 9.64 Å². The van der Waals surface area contributed by atoms with Gasteiger partial charge in [-0.15, -0.1) is 0 Å². The van der Waals surface area contributed by atoms with E-state index < -0.39 is 0 Å². The Kier molecular flexibility index (Phi) is 4.93. The van der Waals surface area contributed by atoms with Crippen molar-refractivity contribution in [1.82, 2.24) is 19.7 Å². The van der Waals surface area contributed by atoms with Gasteiger partial charge in [0.2, 0.25) is 5.78 Å². The number of nitrogens with zero attached hydrogens (tertiary/aromatic N) is 4. The van der Waals surface area contributed by atoms with Crippen molar-refractivity contribution in [2.45, 2.75) is 6.54 Å². The van der Waals surface area contributed by atoms with Gasteiger partial charge in [-0.25, -0.2) is 0 Å². The molecule has 6 nitrogen and oxygen atoms in total. The Morgan fingerprint density at radius 3 is 2.71 bits per heavy atom. The van der Waals surface area contributed by atoms with Gasteiger partial charge in [0.25, 0.3) is 0 Å². The lowest BCUT2D eigenvalue weighted by molar-refractivity contribution is 0.102. The Hall–Kier alpha value is -1.92. The largest absolute Gasteiger partial charge is 0.493 e. The summed E-state index contributed by atoms with van der Waals surface area (Å²) in [5.74, 6) is 0.204. The molecule has 0 aliphatic carbocycles. The van der Waals surface area contributed by atoms with Crippen molar-refractivity contribution >= 4 is 17.4 Å². The zero-order valence-corrected chi connectivity index (χ0v) is 13.0. The molecule has 7 heteroatoms. The minimum Gasteiger partial charge on any atom is -0.493 e. The predicted octanol–water partition coefficient (Wildman–Crippen LogP) is 1.73. The number of carbonyl (C=O) groups excluding carboxylic acids is 1. The molecule has 0 unspecified atom stereocenters. The molecule has 0 aliphatic rings. The van der Waals surface area contributed by atoms with Crippen molar-refractivity contribution in [3.05, 3.63) is 40.9 Å². The molecule has 0 atom stereocenters. The van der Waals surface area contributed by atoms with Crippen LogP contribution in [0.1, 0.15) is 16.2 Å². The summed E-state index contributed by atoms with van der Waals surface area (Å²) in [5.41, 5.74) is 0.707. The van der Waals surface area contributed by atoms with Crippen LogP contribution in [0.2, 0.25) is 5.02 Å². The first-order valence-corrected chi connectivity index (χ1v) is 6.81. The number of methoxy groups -OCH3 is 1. The van der Waals surface area contributed by atoms with Crippen LogP contribution in [-0.4, -0.2) is 53.2 Å². The molecule has 0 N–H and O–H groups in total. The monoisotopic (exact) mass is 308 g/mol. The lowest BCUT2D eigenvalue weighted by Gasteiger charge is -2.12. The van der Waals surface area contributed by atoms with Crippen LogP contribution in [0.5, 0.6) is 5.75 Å². The lowest BCUT2D eigenvalue weighted by Crippen LogP contribution is -2.22. The summed E-state index contributed by atoms with van der Waals surface area (Å²) >= 11 is 5.79. The maximum atomic E-state index is 12.6. The molecule has 2 aromatic rings. The van der Waals surface area contributed by atoms with E-state index in [1.54, 1.807) is 23.0 Å². The van der Waals surface area contributed by atoms with Crippen LogP contribution < -0.4 is 4.74 Å². The Morgan fingerprint density at radius 1 is 1.38 bits per heavy atom. The highest BCUT2D eigenvalue weighted by molar-refractivity contribution is 6.30. The lowest BCUT2D eigenvalue weighted by atomic mass is 10.2. The van der Waals surface area contributed by atoms with Crippen LogP contribution in [0.3, 0.4) is 0 Å². The standard InChI is InChI=1S/C14H17ClN4O2/c1-18(2)6-7-19-13(12(21-3)9-17-19)14(20)11-5-4-10(15)8-16-11/h4-5,8-9H,6-7H2,1-3H3. The molecular weight excluding hydrogens is 292 g/mol. The first kappa shape index (κ1) is 15.5. The van der Waals surface area contributed by atoms with E-state index in [0.29, 0.717) is 28.7 Å². The fourth-order valence-corrected chi connectivity index (χ4v) is 1.95. The summed E-state index contributed by atoms with van der Waals surface area (Å²) in [4.78, 5) is 18.7. The van der Waals surface area contributed by atoms with Crippen molar-refractivity contribution in [2.75, 3.05) is 27.7 Å². The molecule has 0 aliphatic heterocycles. The molecular formula is C14H17ClN4O2. The molecule has 2 heterocycles. The molecule has 0 spiro atoms. The number of hydrogen-bond acceptors (Lipinski definition) is 5. The van der Waals surface area contributed by atoms with Gasteiger partial charge >= 0.3 is 0 Å². The van der Waals surface area contributed by atoms with E-state index in [4.69, 9.17) is 16.3 Å². The molecule has 2 aromatic heterocycles. The van der Waals surface area contributed by atoms with Gasteiger partial charge in [0.15, 0.2) is 11.4 Å². The van der Waals surface area contributed by atoms with Crippen LogP contribution in [-0.2, 0) is 6.54 Å². The maximum Gasteiger partial charge on any atom is 0.233 e. The number of likely N-dealkylation sites (N-methyl/N-ethyl adjacent to an activating group) is 1. The summed E-state index contributed by atoms with van der Waals surface area (Å²) in [6.07, 6.45) is 2.99. The van der Waals surface area contributed by atoms with Crippen molar-refractivity contribution in [3.63, 3.8) is 0 Å². The summed E-state index contributed by atoms with van der Waals surface area (Å²) in [7, 11) is 5.44. The molecule has 0 radical (unpaired) electrons. The Morgan fingerprint density at radius 2 is 2.14 bits per heavy atom. The third-order valence-corrected chi connectivity index (χ3v) is 3.18. The third-order valence-electron chi connectivity index (χ3n) is 2.96. The van der Waals surface area contributed by atoms with Gasteiger partial charge in [-0.2, -0.15) is 5.10 Å². The van der Waals surface area contributed by atoms with Crippen molar-refractivity contribution in [2.24, 2.45) is 0 Å². The van der Waals surface area contributed by atoms with E-state index >= 15 is 0 Å². The van der Waals surface area contributed by atoms with E-state index in [1.807, 2.05) is 19.0 Å². The SMILES string of the molecule is COc1cnn(CCN(C)C)c1C(=O)c1ccc(Cl)cn1. The predicted molar refractivity (Wildman–Crippen MR) is 80.0 cm³/mol. The number of hydrogen-bond donors (Lipinski definition) is 0. The Balaban J connectivity index is 2.34. The van der Waals surface area contributed by atoms with Gasteiger partial charge in [-0.3, -0.25) is 14.5 Å². The molecule has 0 amide bonds. The van der Waals surface area contributed by atoms with Gasteiger partial charge in [0, 0.05) is 12.7 Å². The molecule has 0 aromatic carbocycles. The molecule has 0 fully saturated rings. The van der Waals surface area contributed by atoms with Crippen LogP contribution in [0.4, 0.5) is 0 Å². The number of ether oxygens (including phenoxy) is 1. The average molecular weight is 309 g/mol. The molecule has 0 saturated carbocycles. The summed E-state index contributed by atoms with van der Waals surface area (Å²) in [6, 6.07) is 3.22. The number of ketones is 1. The first-order chi connectivity index (χ1) is 10.0. The van der Waals surface area contributed by atoms with E-state index in [2.05, 4.69) is 10.1 Å². The Labute approximate surface area is 128 Å². The highest BCUT2D eigenvalue weighted by atomic mass is 35.5. The second-order valence-electron chi connectivity index (χ2n) is 4.78. The fourth-order valence-electron chi connectivity index (χ4n) is 1.84. The van der Waals surface area contributed by atoms with Crippen molar-refractivity contribution in [3.8, 4) is 5.75 Å². The first-order valence-electron chi connectivity index (χ1n) is 6.43. The second kappa shape index (κ2) is 6.69. The highest BCUT2D eigenvalue weighted by Crippen LogP contribution is 2.21. The number of carbonyl (C=O) groups is 1.